The average molecular weight is 465 g/mol. The molecule has 3 rings (SSSR count). The van der Waals surface area contributed by atoms with Gasteiger partial charge in [0.05, 0.1) is 22.2 Å². The van der Waals surface area contributed by atoms with Crippen molar-refractivity contribution in [2.75, 3.05) is 0 Å². The summed E-state index contributed by atoms with van der Waals surface area (Å²) in [5, 5.41) is 13.1. The second-order valence-corrected chi connectivity index (χ2v) is 8.01. The van der Waals surface area contributed by atoms with Crippen LogP contribution in [0.2, 0.25) is 10.0 Å². The lowest BCUT2D eigenvalue weighted by atomic mass is 9.76. The number of nitrogens with one attached hydrogen (secondary N) is 1. The monoisotopic (exact) mass is 464 g/mol. The van der Waals surface area contributed by atoms with Crippen LogP contribution in [-0.2, 0) is 6.18 Å². The molecule has 162 valence electrons. The first-order valence-corrected chi connectivity index (χ1v) is 9.92. The molecule has 1 fully saturated rings. The van der Waals surface area contributed by atoms with Crippen molar-refractivity contribution < 1.29 is 27.5 Å². The number of benzene rings is 1. The van der Waals surface area contributed by atoms with Gasteiger partial charge in [0.25, 0.3) is 5.91 Å². The molecule has 1 amide bonds. The minimum absolute atomic E-state index is 0.0358. The van der Waals surface area contributed by atoms with E-state index in [9.17, 15) is 27.5 Å². The molecule has 0 radical (unpaired) electrons. The molecular weight excluding hydrogens is 447 g/mol. The summed E-state index contributed by atoms with van der Waals surface area (Å²) in [5.41, 5.74) is -3.02. The minimum atomic E-state index is -4.77. The van der Waals surface area contributed by atoms with Gasteiger partial charge in [0, 0.05) is 11.2 Å². The van der Waals surface area contributed by atoms with Crippen molar-refractivity contribution in [2.24, 2.45) is 0 Å². The Morgan fingerprint density at radius 2 is 1.83 bits per heavy atom. The first-order valence-electron chi connectivity index (χ1n) is 9.16. The standard InChI is InChI=1S/C20H18Cl2F4N2O2/c21-14-4-2-1-3-12(14)17(19(30)8-5-11(23)6-9-19)28-18(29)16-15(22)13(7-10-27-16)20(24,25)26/h1-4,7,10-11,17,30H,5-6,8-9H2,(H,28,29). The summed E-state index contributed by atoms with van der Waals surface area (Å²) in [7, 11) is 0. The molecule has 0 aliphatic heterocycles. The van der Waals surface area contributed by atoms with E-state index < -0.39 is 46.2 Å². The zero-order valence-electron chi connectivity index (χ0n) is 15.5. The number of halogens is 6. The van der Waals surface area contributed by atoms with E-state index in [0.717, 1.165) is 6.20 Å². The zero-order valence-corrected chi connectivity index (χ0v) is 17.0. The highest BCUT2D eigenvalue weighted by atomic mass is 35.5. The fourth-order valence-electron chi connectivity index (χ4n) is 3.60. The predicted octanol–water partition coefficient (Wildman–Crippen LogP) is 5.52. The van der Waals surface area contributed by atoms with Crippen LogP contribution in [0.25, 0.3) is 0 Å². The number of hydrogen-bond donors (Lipinski definition) is 2. The highest BCUT2D eigenvalue weighted by Gasteiger charge is 2.43. The van der Waals surface area contributed by atoms with Gasteiger partial charge in [0.2, 0.25) is 0 Å². The Bertz CT molecular complexity index is 931. The molecule has 1 heterocycles. The van der Waals surface area contributed by atoms with Crippen LogP contribution in [0.3, 0.4) is 0 Å². The van der Waals surface area contributed by atoms with Crippen LogP contribution in [-0.4, -0.2) is 27.8 Å². The Morgan fingerprint density at radius 1 is 1.20 bits per heavy atom. The lowest BCUT2D eigenvalue weighted by Crippen LogP contribution is -2.48. The summed E-state index contributed by atoms with van der Waals surface area (Å²) in [5.74, 6) is -1.01. The van der Waals surface area contributed by atoms with Gasteiger partial charge >= 0.3 is 6.18 Å². The Labute approximate surface area is 180 Å². The van der Waals surface area contributed by atoms with E-state index in [1.165, 1.54) is 0 Å². The first-order chi connectivity index (χ1) is 14.0. The van der Waals surface area contributed by atoms with E-state index in [1.54, 1.807) is 24.3 Å². The summed E-state index contributed by atoms with van der Waals surface area (Å²) in [6.45, 7) is 0. The predicted molar refractivity (Wildman–Crippen MR) is 104 cm³/mol. The summed E-state index contributed by atoms with van der Waals surface area (Å²) < 4.78 is 53.0. The molecule has 2 aromatic rings. The van der Waals surface area contributed by atoms with Crippen molar-refractivity contribution in [1.29, 1.82) is 0 Å². The molecular formula is C20H18Cl2F4N2O2. The van der Waals surface area contributed by atoms with Gasteiger partial charge in [-0.05, 0) is 43.4 Å². The van der Waals surface area contributed by atoms with Gasteiger partial charge in [-0.3, -0.25) is 4.79 Å². The Kier molecular flexibility index (Phi) is 6.60. The SMILES string of the molecule is O=C(NC(c1ccccc1Cl)C1(O)CCC(F)CC1)c1nccc(C(F)(F)F)c1Cl. The summed E-state index contributed by atoms with van der Waals surface area (Å²) >= 11 is 12.1. The lowest BCUT2D eigenvalue weighted by Gasteiger charge is -2.41. The number of alkyl halides is 4. The summed E-state index contributed by atoms with van der Waals surface area (Å²) in [4.78, 5) is 16.5. The molecule has 10 heteroatoms. The molecule has 1 atom stereocenters. The Hall–Kier alpha value is -1.90. The molecule has 1 unspecified atom stereocenters. The average Bonchev–Trinajstić information content (AvgIpc) is 2.68. The normalized spacial score (nSPS) is 23.1. The van der Waals surface area contributed by atoms with Crippen molar-refractivity contribution in [3.63, 3.8) is 0 Å². The topological polar surface area (TPSA) is 62.2 Å². The van der Waals surface area contributed by atoms with Gasteiger partial charge in [-0.1, -0.05) is 41.4 Å². The highest BCUT2D eigenvalue weighted by molar-refractivity contribution is 6.34. The molecule has 0 bridgehead atoms. The van der Waals surface area contributed by atoms with Crippen LogP contribution in [0.1, 0.15) is 53.3 Å². The third-order valence-electron chi connectivity index (χ3n) is 5.22. The molecule has 4 nitrogen and oxygen atoms in total. The van der Waals surface area contributed by atoms with Gasteiger partial charge in [-0.2, -0.15) is 13.2 Å². The van der Waals surface area contributed by atoms with Crippen molar-refractivity contribution in [3.05, 3.63) is 63.4 Å². The van der Waals surface area contributed by atoms with Crippen LogP contribution in [0, 0.1) is 0 Å². The fourth-order valence-corrected chi connectivity index (χ4v) is 4.15. The molecule has 30 heavy (non-hydrogen) atoms. The van der Waals surface area contributed by atoms with Crippen LogP contribution >= 0.6 is 23.2 Å². The molecule has 1 aromatic heterocycles. The number of hydrogen-bond acceptors (Lipinski definition) is 3. The van der Waals surface area contributed by atoms with Gasteiger partial charge in [0.1, 0.15) is 11.9 Å². The van der Waals surface area contributed by atoms with E-state index in [1.807, 2.05) is 0 Å². The third-order valence-corrected chi connectivity index (χ3v) is 5.95. The maximum Gasteiger partial charge on any atom is 0.417 e. The summed E-state index contributed by atoms with van der Waals surface area (Å²) in [6, 6.07) is 5.99. The summed E-state index contributed by atoms with van der Waals surface area (Å²) in [6.07, 6.45) is -4.78. The number of aliphatic hydroxyl groups is 1. The van der Waals surface area contributed by atoms with E-state index >= 15 is 0 Å². The van der Waals surface area contributed by atoms with E-state index in [4.69, 9.17) is 23.2 Å². The number of carbonyl (C=O) groups is 1. The van der Waals surface area contributed by atoms with Gasteiger partial charge in [-0.25, -0.2) is 9.37 Å². The van der Waals surface area contributed by atoms with Crippen molar-refractivity contribution >= 4 is 29.1 Å². The van der Waals surface area contributed by atoms with Gasteiger partial charge < -0.3 is 10.4 Å². The molecule has 1 aliphatic carbocycles. The number of aromatic nitrogens is 1. The first kappa shape index (κ1) is 22.8. The van der Waals surface area contributed by atoms with E-state index in [2.05, 4.69) is 10.3 Å². The lowest BCUT2D eigenvalue weighted by molar-refractivity contribution is -0.137. The quantitative estimate of drug-likeness (QED) is 0.585. The number of pyridine rings is 1. The molecule has 0 saturated heterocycles. The number of rotatable bonds is 4. The maximum absolute atomic E-state index is 13.7. The number of carbonyl (C=O) groups excluding carboxylic acids is 1. The molecule has 1 aliphatic rings. The Morgan fingerprint density at radius 3 is 2.43 bits per heavy atom. The molecule has 0 spiro atoms. The molecule has 2 N–H and O–H groups in total. The smallest absolute Gasteiger partial charge is 0.387 e. The third kappa shape index (κ3) is 4.71. The van der Waals surface area contributed by atoms with Gasteiger partial charge in [-0.15, -0.1) is 0 Å². The zero-order chi connectivity index (χ0) is 22.1. The minimum Gasteiger partial charge on any atom is -0.387 e. The number of nitrogens with zero attached hydrogens (tertiary/aromatic N) is 1. The van der Waals surface area contributed by atoms with Crippen LogP contribution in [0.5, 0.6) is 0 Å². The van der Waals surface area contributed by atoms with Crippen molar-refractivity contribution in [1.82, 2.24) is 10.3 Å². The molecule has 1 aromatic carbocycles. The second-order valence-electron chi connectivity index (χ2n) is 7.23. The number of amides is 1. The van der Waals surface area contributed by atoms with Crippen LogP contribution < -0.4 is 5.32 Å². The Balaban J connectivity index is 1.98. The van der Waals surface area contributed by atoms with Crippen molar-refractivity contribution in [3.8, 4) is 0 Å². The highest BCUT2D eigenvalue weighted by Crippen LogP contribution is 2.42. The van der Waals surface area contributed by atoms with E-state index in [-0.39, 0.29) is 30.7 Å². The second kappa shape index (κ2) is 8.69. The van der Waals surface area contributed by atoms with Gasteiger partial charge in [0.15, 0.2) is 0 Å². The van der Waals surface area contributed by atoms with Crippen LogP contribution in [0.15, 0.2) is 36.5 Å². The maximum atomic E-state index is 13.7. The van der Waals surface area contributed by atoms with Crippen molar-refractivity contribution in [2.45, 2.75) is 49.7 Å². The molecule has 1 saturated carbocycles. The van der Waals surface area contributed by atoms with Crippen LogP contribution in [0.4, 0.5) is 17.6 Å². The van der Waals surface area contributed by atoms with E-state index in [0.29, 0.717) is 11.6 Å². The fraction of sp³-hybridized carbons (Fsp3) is 0.400. The largest absolute Gasteiger partial charge is 0.417 e.